The Morgan fingerprint density at radius 2 is 1.86 bits per heavy atom. The predicted octanol–water partition coefficient (Wildman–Crippen LogP) is 2.74. The lowest BCUT2D eigenvalue weighted by atomic mass is 9.82. The molecule has 0 aromatic heterocycles. The number of likely N-dealkylation sites (tertiary alicyclic amines) is 2. The second-order valence-electron chi connectivity index (χ2n) is 8.50. The summed E-state index contributed by atoms with van der Waals surface area (Å²) in [5.74, 6) is -0.501. The third-order valence-corrected chi connectivity index (χ3v) is 6.88. The first-order valence-electron chi connectivity index (χ1n) is 10.6. The van der Waals surface area contributed by atoms with Gasteiger partial charge in [0.25, 0.3) is 5.91 Å². The second-order valence-corrected chi connectivity index (χ2v) is 8.50. The van der Waals surface area contributed by atoms with E-state index in [9.17, 15) is 19.1 Å². The number of aliphatic hydroxyl groups is 1. The van der Waals surface area contributed by atoms with Crippen molar-refractivity contribution in [3.8, 4) is 5.75 Å². The van der Waals surface area contributed by atoms with Crippen molar-refractivity contribution >= 4 is 11.8 Å². The third kappa shape index (κ3) is 3.50. The molecule has 1 unspecified atom stereocenters. The zero-order chi connectivity index (χ0) is 20.6. The van der Waals surface area contributed by atoms with E-state index in [4.69, 9.17) is 4.74 Å². The van der Waals surface area contributed by atoms with Gasteiger partial charge in [-0.05, 0) is 69.6 Å². The van der Waals surface area contributed by atoms with Gasteiger partial charge in [-0.1, -0.05) is 0 Å². The minimum Gasteiger partial charge on any atom is -0.496 e. The standard InChI is InChI=1S/C22H29FN2O4/c1-29-19-9-4-15(23)14-18(19)20(27)25-13-3-11-22(25)10-2-12-24(21(22)28)16-5-7-17(26)8-6-16/h4,9,14,16-17,26H,2-3,5-8,10-13H2,1H3. The fraction of sp³-hybridized carbons (Fsp3) is 0.636. The van der Waals surface area contributed by atoms with E-state index in [1.54, 1.807) is 4.90 Å². The molecule has 4 rings (SSSR count). The molecule has 1 aliphatic carbocycles. The number of methoxy groups -OCH3 is 1. The number of nitrogens with zero attached hydrogens (tertiary/aromatic N) is 2. The first kappa shape index (κ1) is 20.1. The first-order valence-corrected chi connectivity index (χ1v) is 10.6. The molecule has 1 atom stereocenters. The number of amides is 2. The van der Waals surface area contributed by atoms with Gasteiger partial charge in [-0.15, -0.1) is 0 Å². The van der Waals surface area contributed by atoms with Crippen LogP contribution in [0.25, 0.3) is 0 Å². The van der Waals surface area contributed by atoms with E-state index in [0.717, 1.165) is 25.7 Å². The van der Waals surface area contributed by atoms with E-state index >= 15 is 0 Å². The van der Waals surface area contributed by atoms with Crippen LogP contribution in [0, 0.1) is 5.82 Å². The Morgan fingerprint density at radius 3 is 2.55 bits per heavy atom. The van der Waals surface area contributed by atoms with Crippen LogP contribution in [0.1, 0.15) is 61.7 Å². The van der Waals surface area contributed by atoms with Crippen molar-refractivity contribution in [3.05, 3.63) is 29.6 Å². The number of piperidine rings is 1. The zero-order valence-corrected chi connectivity index (χ0v) is 16.9. The molecule has 2 amide bonds. The molecule has 1 spiro atoms. The van der Waals surface area contributed by atoms with Gasteiger partial charge in [-0.2, -0.15) is 0 Å². The highest BCUT2D eigenvalue weighted by Gasteiger charge is 2.54. The molecular formula is C22H29FN2O4. The lowest BCUT2D eigenvalue weighted by Gasteiger charge is -2.48. The number of carbonyl (C=O) groups excluding carboxylic acids is 2. The molecule has 1 aromatic carbocycles. The lowest BCUT2D eigenvalue weighted by Crippen LogP contribution is -2.63. The Morgan fingerprint density at radius 1 is 1.17 bits per heavy atom. The molecule has 3 aliphatic rings. The summed E-state index contributed by atoms with van der Waals surface area (Å²) in [5, 5.41) is 9.81. The smallest absolute Gasteiger partial charge is 0.258 e. The van der Waals surface area contributed by atoms with Crippen LogP contribution in [-0.4, -0.2) is 64.6 Å². The van der Waals surface area contributed by atoms with E-state index in [2.05, 4.69) is 0 Å². The van der Waals surface area contributed by atoms with Crippen LogP contribution in [0.2, 0.25) is 0 Å². The van der Waals surface area contributed by atoms with Gasteiger partial charge in [0.05, 0.1) is 18.8 Å². The van der Waals surface area contributed by atoms with Crippen LogP contribution in [0.3, 0.4) is 0 Å². The summed E-state index contributed by atoms with van der Waals surface area (Å²) in [6, 6.07) is 4.04. The summed E-state index contributed by atoms with van der Waals surface area (Å²) in [6.07, 6.45) is 5.63. The Bertz CT molecular complexity index is 793. The summed E-state index contributed by atoms with van der Waals surface area (Å²) < 4.78 is 19.1. The highest BCUT2D eigenvalue weighted by molar-refractivity contribution is 6.01. The Hall–Kier alpha value is -2.15. The van der Waals surface area contributed by atoms with Crippen LogP contribution in [0.4, 0.5) is 4.39 Å². The fourth-order valence-electron chi connectivity index (χ4n) is 5.39. The number of hydrogen-bond acceptors (Lipinski definition) is 4. The molecular weight excluding hydrogens is 375 g/mol. The normalized spacial score (nSPS) is 30.1. The van der Waals surface area contributed by atoms with Gasteiger partial charge in [0.2, 0.25) is 5.91 Å². The van der Waals surface area contributed by atoms with Gasteiger partial charge < -0.3 is 19.6 Å². The van der Waals surface area contributed by atoms with Crippen LogP contribution in [0.15, 0.2) is 18.2 Å². The maximum absolute atomic E-state index is 13.9. The van der Waals surface area contributed by atoms with Crippen molar-refractivity contribution in [1.82, 2.24) is 9.80 Å². The van der Waals surface area contributed by atoms with E-state index < -0.39 is 11.4 Å². The van der Waals surface area contributed by atoms with Crippen LogP contribution >= 0.6 is 0 Å². The van der Waals surface area contributed by atoms with Gasteiger partial charge >= 0.3 is 0 Å². The van der Waals surface area contributed by atoms with Crippen molar-refractivity contribution in [2.45, 2.75) is 69.1 Å². The van der Waals surface area contributed by atoms with Gasteiger partial charge in [0.15, 0.2) is 0 Å². The third-order valence-electron chi connectivity index (χ3n) is 6.88. The van der Waals surface area contributed by atoms with Gasteiger partial charge in [0.1, 0.15) is 17.1 Å². The van der Waals surface area contributed by atoms with Crippen LogP contribution < -0.4 is 4.74 Å². The Balaban J connectivity index is 1.62. The second kappa shape index (κ2) is 7.94. The number of aliphatic hydroxyl groups excluding tert-OH is 1. The zero-order valence-electron chi connectivity index (χ0n) is 16.9. The minimum absolute atomic E-state index is 0.0198. The molecule has 29 heavy (non-hydrogen) atoms. The van der Waals surface area contributed by atoms with Crippen molar-refractivity contribution in [2.75, 3.05) is 20.2 Å². The molecule has 1 saturated carbocycles. The van der Waals surface area contributed by atoms with Crippen molar-refractivity contribution in [3.63, 3.8) is 0 Å². The average molecular weight is 404 g/mol. The van der Waals surface area contributed by atoms with Crippen LogP contribution in [-0.2, 0) is 4.79 Å². The highest BCUT2D eigenvalue weighted by Crippen LogP contribution is 2.41. The summed E-state index contributed by atoms with van der Waals surface area (Å²) in [4.78, 5) is 30.7. The highest BCUT2D eigenvalue weighted by atomic mass is 19.1. The summed E-state index contributed by atoms with van der Waals surface area (Å²) >= 11 is 0. The van der Waals surface area contributed by atoms with E-state index in [1.165, 1.54) is 25.3 Å². The Kier molecular flexibility index (Phi) is 5.51. The molecule has 0 bridgehead atoms. The molecule has 3 fully saturated rings. The maximum atomic E-state index is 13.9. The molecule has 7 heteroatoms. The van der Waals surface area contributed by atoms with E-state index in [-0.39, 0.29) is 29.5 Å². The lowest BCUT2D eigenvalue weighted by molar-refractivity contribution is -0.149. The van der Waals surface area contributed by atoms with Gasteiger partial charge in [0, 0.05) is 19.1 Å². The van der Waals surface area contributed by atoms with E-state index in [0.29, 0.717) is 44.5 Å². The number of halogens is 1. The molecule has 1 N–H and O–H groups in total. The number of hydrogen-bond donors (Lipinski definition) is 1. The monoisotopic (exact) mass is 404 g/mol. The molecule has 2 heterocycles. The topological polar surface area (TPSA) is 70.1 Å². The summed E-state index contributed by atoms with van der Waals surface area (Å²) in [5.41, 5.74) is -0.678. The molecule has 6 nitrogen and oxygen atoms in total. The number of benzene rings is 1. The van der Waals surface area contributed by atoms with Crippen molar-refractivity contribution < 1.29 is 23.8 Å². The number of carbonyl (C=O) groups is 2. The van der Waals surface area contributed by atoms with Gasteiger partial charge in [-0.25, -0.2) is 4.39 Å². The molecule has 158 valence electrons. The maximum Gasteiger partial charge on any atom is 0.258 e. The quantitative estimate of drug-likeness (QED) is 0.841. The Labute approximate surface area is 170 Å². The number of ether oxygens (including phenoxy) is 1. The van der Waals surface area contributed by atoms with E-state index in [1.807, 2.05) is 4.90 Å². The first-order chi connectivity index (χ1) is 14.0. The molecule has 2 aliphatic heterocycles. The molecule has 0 radical (unpaired) electrons. The SMILES string of the molecule is COc1ccc(F)cc1C(=O)N1CCCC12CCCN(C1CCC(O)CC1)C2=O. The summed E-state index contributed by atoms with van der Waals surface area (Å²) in [6.45, 7) is 1.19. The van der Waals surface area contributed by atoms with Crippen LogP contribution in [0.5, 0.6) is 5.75 Å². The largest absolute Gasteiger partial charge is 0.496 e. The minimum atomic E-state index is -0.845. The summed E-state index contributed by atoms with van der Waals surface area (Å²) in [7, 11) is 1.45. The van der Waals surface area contributed by atoms with Crippen molar-refractivity contribution in [1.29, 1.82) is 0 Å². The number of rotatable bonds is 3. The average Bonchev–Trinajstić information content (AvgIpc) is 3.15. The molecule has 2 saturated heterocycles. The predicted molar refractivity (Wildman–Crippen MR) is 105 cm³/mol. The molecule has 1 aromatic rings. The van der Waals surface area contributed by atoms with Crippen molar-refractivity contribution in [2.24, 2.45) is 0 Å². The van der Waals surface area contributed by atoms with Gasteiger partial charge in [-0.3, -0.25) is 9.59 Å². The fourth-order valence-corrected chi connectivity index (χ4v) is 5.39.